The Morgan fingerprint density at radius 1 is 1.20 bits per heavy atom. The first kappa shape index (κ1) is 18.4. The van der Waals surface area contributed by atoms with Gasteiger partial charge in [-0.05, 0) is 35.9 Å². The normalized spacial score (nSPS) is 10.7. The second-order valence-corrected chi connectivity index (χ2v) is 5.87. The van der Waals surface area contributed by atoms with Gasteiger partial charge in [0.25, 0.3) is 0 Å². The fourth-order valence-electron chi connectivity index (χ4n) is 1.96. The van der Waals surface area contributed by atoms with Crippen LogP contribution in [0.15, 0.2) is 58.6 Å². The van der Waals surface area contributed by atoms with Crippen molar-refractivity contribution in [1.82, 2.24) is 0 Å². The van der Waals surface area contributed by atoms with E-state index in [-0.39, 0.29) is 11.4 Å². The van der Waals surface area contributed by atoms with Crippen LogP contribution in [0.3, 0.4) is 0 Å². The lowest BCUT2D eigenvalue weighted by atomic mass is 10.1. The maximum absolute atomic E-state index is 12.0. The number of rotatable bonds is 6. The van der Waals surface area contributed by atoms with E-state index in [9.17, 15) is 9.59 Å². The van der Waals surface area contributed by atoms with E-state index in [1.807, 2.05) is 0 Å². The molecule has 0 fully saturated rings. The molecule has 0 aliphatic carbocycles. The largest absolute Gasteiger partial charge is 0.497 e. The van der Waals surface area contributed by atoms with Crippen LogP contribution in [0.1, 0.15) is 15.9 Å². The van der Waals surface area contributed by atoms with E-state index in [0.29, 0.717) is 16.9 Å². The molecule has 0 heterocycles. The second kappa shape index (κ2) is 8.81. The van der Waals surface area contributed by atoms with Gasteiger partial charge in [-0.3, -0.25) is 4.79 Å². The summed E-state index contributed by atoms with van der Waals surface area (Å²) in [5.74, 6) is -0.532. The average molecular weight is 400 g/mol. The summed E-state index contributed by atoms with van der Waals surface area (Å²) in [4.78, 5) is 24.0. The third-order valence-electron chi connectivity index (χ3n) is 3.25. The van der Waals surface area contributed by atoms with Crippen LogP contribution in [-0.2, 0) is 9.53 Å². The Morgan fingerprint density at radius 2 is 1.92 bits per heavy atom. The summed E-state index contributed by atoms with van der Waals surface area (Å²) in [5.41, 5.74) is 0.875. The lowest BCUT2D eigenvalue weighted by Crippen LogP contribution is -2.15. The summed E-state index contributed by atoms with van der Waals surface area (Å²) in [7, 11) is 1.55. The standard InChI is InChI=1S/C19H14BrNO4/c1-24-17-7-5-13(6-8-17)9-15(11-21)19(23)25-12-18(22)14-3-2-4-16(20)10-14/h2-10H,12H2,1H3/b15-9+. The highest BCUT2D eigenvalue weighted by atomic mass is 79.9. The van der Waals surface area contributed by atoms with E-state index in [2.05, 4.69) is 15.9 Å². The predicted octanol–water partition coefficient (Wildman–Crippen LogP) is 3.79. The van der Waals surface area contributed by atoms with Gasteiger partial charge in [0.05, 0.1) is 7.11 Å². The summed E-state index contributed by atoms with van der Waals surface area (Å²) < 4.78 is 10.7. The summed E-state index contributed by atoms with van der Waals surface area (Å²) in [6.07, 6.45) is 1.39. The molecule has 2 aromatic rings. The molecule has 0 aliphatic heterocycles. The summed E-state index contributed by atoms with van der Waals surface area (Å²) >= 11 is 3.27. The molecule has 5 nitrogen and oxygen atoms in total. The van der Waals surface area contributed by atoms with E-state index >= 15 is 0 Å². The Bertz CT molecular complexity index is 850. The first-order valence-electron chi connectivity index (χ1n) is 7.25. The number of benzene rings is 2. The molecule has 25 heavy (non-hydrogen) atoms. The molecule has 0 spiro atoms. The first-order valence-corrected chi connectivity index (χ1v) is 8.04. The minimum Gasteiger partial charge on any atom is -0.497 e. The van der Waals surface area contributed by atoms with Crippen LogP contribution in [0.5, 0.6) is 5.75 Å². The Hall–Kier alpha value is -2.91. The van der Waals surface area contributed by atoms with Gasteiger partial charge in [-0.25, -0.2) is 4.79 Å². The molecule has 2 rings (SSSR count). The molecule has 0 unspecified atom stereocenters. The molecule has 0 bridgehead atoms. The topological polar surface area (TPSA) is 76.4 Å². The zero-order valence-corrected chi connectivity index (χ0v) is 14.9. The van der Waals surface area contributed by atoms with Crippen molar-refractivity contribution in [3.63, 3.8) is 0 Å². The van der Waals surface area contributed by atoms with Gasteiger partial charge in [-0.2, -0.15) is 5.26 Å². The van der Waals surface area contributed by atoms with Gasteiger partial charge in [0.15, 0.2) is 12.4 Å². The second-order valence-electron chi connectivity index (χ2n) is 4.95. The zero-order chi connectivity index (χ0) is 18.2. The van der Waals surface area contributed by atoms with Gasteiger partial charge in [-0.1, -0.05) is 40.2 Å². The summed E-state index contributed by atoms with van der Waals surface area (Å²) in [6, 6.07) is 15.4. The number of ketones is 1. The number of nitriles is 1. The number of carbonyl (C=O) groups excluding carboxylic acids is 2. The van der Waals surface area contributed by atoms with Crippen molar-refractivity contribution in [2.45, 2.75) is 0 Å². The molecule has 0 aliphatic rings. The van der Waals surface area contributed by atoms with Crippen LogP contribution in [0, 0.1) is 11.3 Å². The monoisotopic (exact) mass is 399 g/mol. The first-order chi connectivity index (χ1) is 12.0. The van der Waals surface area contributed by atoms with Gasteiger partial charge >= 0.3 is 5.97 Å². The summed E-state index contributed by atoms with van der Waals surface area (Å²) in [6.45, 7) is -0.434. The number of halogens is 1. The van der Waals surface area contributed by atoms with Gasteiger partial charge < -0.3 is 9.47 Å². The highest BCUT2D eigenvalue weighted by molar-refractivity contribution is 9.10. The van der Waals surface area contributed by atoms with Crippen molar-refractivity contribution in [1.29, 1.82) is 5.26 Å². The van der Waals surface area contributed by atoms with Crippen molar-refractivity contribution in [3.8, 4) is 11.8 Å². The van der Waals surface area contributed by atoms with Crippen molar-refractivity contribution in [2.24, 2.45) is 0 Å². The van der Waals surface area contributed by atoms with Crippen LogP contribution >= 0.6 is 15.9 Å². The third kappa shape index (κ3) is 5.30. The molecule has 0 N–H and O–H groups in total. The number of methoxy groups -OCH3 is 1. The Labute approximate surface area is 153 Å². The molecule has 0 saturated heterocycles. The van der Waals surface area contributed by atoms with Gasteiger partial charge in [0, 0.05) is 10.0 Å². The minimum atomic E-state index is -0.846. The van der Waals surface area contributed by atoms with Crippen molar-refractivity contribution in [3.05, 3.63) is 69.7 Å². The van der Waals surface area contributed by atoms with Crippen LogP contribution in [0.2, 0.25) is 0 Å². The molecule has 2 aromatic carbocycles. The third-order valence-corrected chi connectivity index (χ3v) is 3.74. The SMILES string of the molecule is COc1ccc(/C=C(\C#N)C(=O)OCC(=O)c2cccc(Br)c2)cc1. The lowest BCUT2D eigenvalue weighted by molar-refractivity contribution is -0.137. The van der Waals surface area contributed by atoms with E-state index in [0.717, 1.165) is 4.47 Å². The van der Waals surface area contributed by atoms with Crippen LogP contribution in [-0.4, -0.2) is 25.5 Å². The quantitative estimate of drug-likeness (QED) is 0.319. The molecule has 6 heteroatoms. The van der Waals surface area contributed by atoms with Gasteiger partial charge in [0.2, 0.25) is 0 Å². The number of hydrogen-bond acceptors (Lipinski definition) is 5. The number of Topliss-reactive ketones (excluding diaryl/α,β-unsaturated/α-hetero) is 1. The Kier molecular flexibility index (Phi) is 6.49. The Balaban J connectivity index is 2.03. The molecule has 0 aromatic heterocycles. The molecule has 0 radical (unpaired) electrons. The van der Waals surface area contributed by atoms with E-state index in [4.69, 9.17) is 14.7 Å². The number of ether oxygens (including phenoxy) is 2. The van der Waals surface area contributed by atoms with E-state index in [1.165, 1.54) is 6.08 Å². The molecular weight excluding hydrogens is 386 g/mol. The lowest BCUT2D eigenvalue weighted by Gasteiger charge is -2.04. The molecule has 0 saturated carbocycles. The van der Waals surface area contributed by atoms with Gasteiger partial charge in [-0.15, -0.1) is 0 Å². The van der Waals surface area contributed by atoms with Crippen molar-refractivity contribution in [2.75, 3.05) is 13.7 Å². The van der Waals surface area contributed by atoms with E-state index in [1.54, 1.807) is 61.7 Å². The predicted molar refractivity (Wildman–Crippen MR) is 96.0 cm³/mol. The van der Waals surface area contributed by atoms with Crippen LogP contribution in [0.25, 0.3) is 6.08 Å². The van der Waals surface area contributed by atoms with Gasteiger partial charge in [0.1, 0.15) is 17.4 Å². The highest BCUT2D eigenvalue weighted by Gasteiger charge is 2.14. The van der Waals surface area contributed by atoms with Crippen molar-refractivity contribution >= 4 is 33.8 Å². The maximum Gasteiger partial charge on any atom is 0.349 e. The minimum absolute atomic E-state index is 0.188. The van der Waals surface area contributed by atoms with Crippen LogP contribution in [0.4, 0.5) is 0 Å². The fourth-order valence-corrected chi connectivity index (χ4v) is 2.36. The number of hydrogen-bond donors (Lipinski definition) is 0. The fraction of sp³-hybridized carbons (Fsp3) is 0.105. The number of esters is 1. The molecule has 0 atom stereocenters. The smallest absolute Gasteiger partial charge is 0.349 e. The zero-order valence-electron chi connectivity index (χ0n) is 13.4. The number of nitrogens with zero attached hydrogens (tertiary/aromatic N) is 1. The summed E-state index contributed by atoms with van der Waals surface area (Å²) in [5, 5.41) is 9.14. The average Bonchev–Trinajstić information content (AvgIpc) is 2.64. The molecular formula is C19H14BrNO4. The highest BCUT2D eigenvalue weighted by Crippen LogP contribution is 2.15. The Morgan fingerprint density at radius 3 is 2.52 bits per heavy atom. The molecule has 0 amide bonds. The molecule has 126 valence electrons. The van der Waals surface area contributed by atoms with Crippen molar-refractivity contribution < 1.29 is 19.1 Å². The number of carbonyl (C=O) groups is 2. The van der Waals surface area contributed by atoms with Crippen LogP contribution < -0.4 is 4.74 Å². The maximum atomic E-state index is 12.0. The van der Waals surface area contributed by atoms with E-state index < -0.39 is 12.6 Å².